The van der Waals surface area contributed by atoms with Gasteiger partial charge < -0.3 is 5.84 Å². The first kappa shape index (κ1) is 10.6. The second kappa shape index (κ2) is 3.60. The molecule has 0 spiro atoms. The molecule has 2 heterocycles. The van der Waals surface area contributed by atoms with Crippen molar-refractivity contribution in [2.75, 3.05) is 11.6 Å². The van der Waals surface area contributed by atoms with E-state index in [-0.39, 0.29) is 10.5 Å². The fourth-order valence-corrected chi connectivity index (χ4v) is 3.83. The van der Waals surface area contributed by atoms with E-state index in [0.29, 0.717) is 18.7 Å². The molecule has 2 rings (SSSR count). The molecule has 0 radical (unpaired) electrons. The lowest BCUT2D eigenvalue weighted by Crippen LogP contribution is -2.26. The van der Waals surface area contributed by atoms with Gasteiger partial charge >= 0.3 is 0 Å². The molecule has 1 fully saturated rings. The standard InChI is InChI=1S/C7H12N4O2S2/c8-11-6(9-10-7(11)14)5-3-1-2-4-15(5,12)13/h5H,1-4,8H2,(H,10,14). The predicted molar refractivity (Wildman–Crippen MR) is 57.9 cm³/mol. The van der Waals surface area contributed by atoms with Gasteiger partial charge in [-0.1, -0.05) is 6.42 Å². The summed E-state index contributed by atoms with van der Waals surface area (Å²) in [6.07, 6.45) is 2.16. The van der Waals surface area contributed by atoms with Crippen molar-refractivity contribution in [1.29, 1.82) is 0 Å². The molecule has 1 atom stereocenters. The van der Waals surface area contributed by atoms with Crippen molar-refractivity contribution >= 4 is 22.1 Å². The summed E-state index contributed by atoms with van der Waals surface area (Å²) in [6, 6.07) is 0. The van der Waals surface area contributed by atoms with Crippen molar-refractivity contribution in [3.8, 4) is 0 Å². The van der Waals surface area contributed by atoms with Crippen molar-refractivity contribution in [3.63, 3.8) is 0 Å². The Labute approximate surface area is 92.4 Å². The van der Waals surface area contributed by atoms with Gasteiger partial charge in [0, 0.05) is 0 Å². The van der Waals surface area contributed by atoms with Gasteiger partial charge in [0.25, 0.3) is 0 Å². The first-order valence-electron chi connectivity index (χ1n) is 4.66. The van der Waals surface area contributed by atoms with Crippen LogP contribution in [0, 0.1) is 4.77 Å². The summed E-state index contributed by atoms with van der Waals surface area (Å²) in [7, 11) is -3.12. The SMILES string of the molecule is Nn1c(C2CCCCS2(=O)=O)n[nH]c1=S. The molecule has 0 amide bonds. The van der Waals surface area contributed by atoms with Crippen LogP contribution in [0.25, 0.3) is 0 Å². The van der Waals surface area contributed by atoms with Crippen LogP contribution in [0.4, 0.5) is 0 Å². The molecular weight excluding hydrogens is 236 g/mol. The molecule has 8 heteroatoms. The number of nitrogen functional groups attached to an aromatic ring is 1. The summed E-state index contributed by atoms with van der Waals surface area (Å²) in [5.74, 6) is 6.13. The van der Waals surface area contributed by atoms with Crippen LogP contribution in [0.5, 0.6) is 0 Å². The number of H-pyrrole nitrogens is 1. The lowest BCUT2D eigenvalue weighted by atomic mass is 10.2. The summed E-state index contributed by atoms with van der Waals surface area (Å²) in [6.45, 7) is 0. The van der Waals surface area contributed by atoms with Crippen LogP contribution < -0.4 is 5.84 Å². The molecule has 1 saturated heterocycles. The van der Waals surface area contributed by atoms with Gasteiger partial charge in [-0.05, 0) is 25.1 Å². The van der Waals surface area contributed by atoms with Crippen LogP contribution in [-0.2, 0) is 9.84 Å². The lowest BCUT2D eigenvalue weighted by Gasteiger charge is -2.20. The van der Waals surface area contributed by atoms with Gasteiger partial charge in [-0.15, -0.1) is 0 Å². The summed E-state index contributed by atoms with van der Waals surface area (Å²) >= 11 is 4.84. The van der Waals surface area contributed by atoms with Gasteiger partial charge in [0.2, 0.25) is 4.77 Å². The minimum Gasteiger partial charge on any atom is -0.335 e. The number of hydrogen-bond acceptors (Lipinski definition) is 5. The Kier molecular flexibility index (Phi) is 2.55. The zero-order valence-electron chi connectivity index (χ0n) is 8.01. The average molecular weight is 248 g/mol. The molecule has 0 aliphatic carbocycles. The quantitative estimate of drug-likeness (QED) is 0.550. The second-order valence-electron chi connectivity index (χ2n) is 3.61. The van der Waals surface area contributed by atoms with E-state index in [9.17, 15) is 8.42 Å². The fourth-order valence-electron chi connectivity index (χ4n) is 1.79. The van der Waals surface area contributed by atoms with Gasteiger partial charge in [-0.3, -0.25) is 5.10 Å². The van der Waals surface area contributed by atoms with E-state index < -0.39 is 15.1 Å². The number of aromatic amines is 1. The minimum absolute atomic E-state index is 0.206. The molecule has 6 nitrogen and oxygen atoms in total. The van der Waals surface area contributed by atoms with Gasteiger partial charge in [0.15, 0.2) is 15.7 Å². The number of sulfone groups is 1. The van der Waals surface area contributed by atoms with Gasteiger partial charge in [-0.2, -0.15) is 5.10 Å². The third kappa shape index (κ3) is 1.78. The Morgan fingerprint density at radius 3 is 2.80 bits per heavy atom. The molecular formula is C7H12N4O2S2. The smallest absolute Gasteiger partial charge is 0.214 e. The zero-order chi connectivity index (χ0) is 11.1. The Morgan fingerprint density at radius 1 is 1.53 bits per heavy atom. The van der Waals surface area contributed by atoms with Crippen LogP contribution in [0.15, 0.2) is 0 Å². The number of nitrogens with two attached hydrogens (primary N) is 1. The highest BCUT2D eigenvalue weighted by Crippen LogP contribution is 2.31. The number of nitrogens with zero attached hydrogens (tertiary/aromatic N) is 2. The summed E-state index contributed by atoms with van der Waals surface area (Å²) in [5.41, 5.74) is 0. The highest BCUT2D eigenvalue weighted by molar-refractivity contribution is 7.91. The third-order valence-electron chi connectivity index (χ3n) is 2.60. The van der Waals surface area contributed by atoms with Crippen LogP contribution in [0.3, 0.4) is 0 Å². The molecule has 1 unspecified atom stereocenters. The molecule has 0 bridgehead atoms. The first-order chi connectivity index (χ1) is 7.02. The third-order valence-corrected chi connectivity index (χ3v) is 5.06. The molecule has 84 valence electrons. The average Bonchev–Trinajstić information content (AvgIpc) is 2.48. The molecule has 1 aromatic rings. The number of aromatic nitrogens is 3. The van der Waals surface area contributed by atoms with Crippen molar-refractivity contribution < 1.29 is 8.42 Å². The molecule has 3 N–H and O–H groups in total. The Bertz CT molecular complexity index is 515. The molecule has 0 saturated carbocycles. The highest BCUT2D eigenvalue weighted by Gasteiger charge is 2.33. The van der Waals surface area contributed by atoms with Crippen LogP contribution in [0.2, 0.25) is 0 Å². The monoisotopic (exact) mass is 248 g/mol. The summed E-state index contributed by atoms with van der Waals surface area (Å²) in [5, 5.41) is 5.77. The van der Waals surface area contributed by atoms with Crippen LogP contribution >= 0.6 is 12.2 Å². The van der Waals surface area contributed by atoms with Gasteiger partial charge in [0.05, 0.1) is 5.75 Å². The maximum atomic E-state index is 11.8. The van der Waals surface area contributed by atoms with Gasteiger partial charge in [0.1, 0.15) is 5.25 Å². The molecule has 0 aromatic carbocycles. The van der Waals surface area contributed by atoms with E-state index in [1.807, 2.05) is 0 Å². The second-order valence-corrected chi connectivity index (χ2v) is 6.30. The van der Waals surface area contributed by atoms with E-state index in [0.717, 1.165) is 11.1 Å². The molecule has 1 aromatic heterocycles. The maximum absolute atomic E-state index is 11.8. The maximum Gasteiger partial charge on any atom is 0.214 e. The van der Waals surface area contributed by atoms with E-state index in [1.165, 1.54) is 0 Å². The van der Waals surface area contributed by atoms with Crippen molar-refractivity contribution in [1.82, 2.24) is 14.9 Å². The van der Waals surface area contributed by atoms with E-state index >= 15 is 0 Å². The van der Waals surface area contributed by atoms with Crippen molar-refractivity contribution in [3.05, 3.63) is 10.6 Å². The van der Waals surface area contributed by atoms with Crippen LogP contribution in [-0.4, -0.2) is 29.0 Å². The summed E-state index contributed by atoms with van der Waals surface area (Å²) in [4.78, 5) is 0. The molecule has 15 heavy (non-hydrogen) atoms. The van der Waals surface area contributed by atoms with Crippen molar-refractivity contribution in [2.24, 2.45) is 0 Å². The lowest BCUT2D eigenvalue weighted by molar-refractivity contribution is 0.534. The summed E-state index contributed by atoms with van der Waals surface area (Å²) < 4.78 is 25.0. The largest absolute Gasteiger partial charge is 0.335 e. The number of nitrogens with one attached hydrogen (secondary N) is 1. The molecule has 1 aliphatic rings. The number of rotatable bonds is 1. The topological polar surface area (TPSA) is 93.8 Å². The normalized spacial score (nSPS) is 25.2. The van der Waals surface area contributed by atoms with E-state index in [1.54, 1.807) is 0 Å². The fraction of sp³-hybridized carbons (Fsp3) is 0.714. The van der Waals surface area contributed by atoms with Crippen LogP contribution in [0.1, 0.15) is 30.3 Å². The highest BCUT2D eigenvalue weighted by atomic mass is 32.2. The van der Waals surface area contributed by atoms with Gasteiger partial charge in [-0.25, -0.2) is 13.1 Å². The Hall–Kier alpha value is -0.890. The van der Waals surface area contributed by atoms with Crippen molar-refractivity contribution in [2.45, 2.75) is 24.5 Å². The molecule has 1 aliphatic heterocycles. The number of hydrogen-bond donors (Lipinski definition) is 2. The Morgan fingerprint density at radius 2 is 2.27 bits per heavy atom. The zero-order valence-corrected chi connectivity index (χ0v) is 9.64. The predicted octanol–water partition coefficient (Wildman–Crippen LogP) is 0.294. The first-order valence-corrected chi connectivity index (χ1v) is 6.79. The minimum atomic E-state index is -3.12. The van der Waals surface area contributed by atoms with E-state index in [2.05, 4.69) is 10.2 Å². The van der Waals surface area contributed by atoms with E-state index in [4.69, 9.17) is 18.1 Å². The Balaban J connectivity index is 2.46.